The standard InChI is InChI=1S/C23H18FN3O4/c24-18-14-16(7-9-21(18)31-17-4-3-11-25-15-17)8-10-22(28)26-19-5-1-2-6-20(19)27-12-13-30-23(27)29/h1-11,14-15H,12-13H2,(H,26,28)/b10-8+. The molecule has 0 bridgehead atoms. The zero-order chi connectivity index (χ0) is 21.6. The summed E-state index contributed by atoms with van der Waals surface area (Å²) >= 11 is 0. The second-order valence-electron chi connectivity index (χ2n) is 6.59. The molecule has 4 rings (SSSR count). The minimum Gasteiger partial charge on any atom is -0.453 e. The van der Waals surface area contributed by atoms with Gasteiger partial charge in [0.2, 0.25) is 5.91 Å². The van der Waals surface area contributed by atoms with E-state index in [2.05, 4.69) is 10.3 Å². The Morgan fingerprint density at radius 1 is 1.19 bits per heavy atom. The van der Waals surface area contributed by atoms with Crippen molar-refractivity contribution in [1.29, 1.82) is 0 Å². The van der Waals surface area contributed by atoms with Crippen molar-refractivity contribution < 1.29 is 23.5 Å². The molecule has 1 aromatic heterocycles. The number of aromatic nitrogens is 1. The molecule has 1 fully saturated rings. The maximum atomic E-state index is 14.3. The molecule has 7 nitrogen and oxygen atoms in total. The van der Waals surface area contributed by atoms with Gasteiger partial charge in [0.1, 0.15) is 12.4 Å². The number of nitrogens with one attached hydrogen (secondary N) is 1. The molecular formula is C23H18FN3O4. The number of hydrogen-bond acceptors (Lipinski definition) is 5. The van der Waals surface area contributed by atoms with Gasteiger partial charge in [0.15, 0.2) is 11.6 Å². The van der Waals surface area contributed by atoms with Crippen LogP contribution in [0.5, 0.6) is 11.5 Å². The fourth-order valence-electron chi connectivity index (χ4n) is 3.01. The van der Waals surface area contributed by atoms with E-state index in [0.717, 1.165) is 0 Å². The summed E-state index contributed by atoms with van der Waals surface area (Å²) in [5, 5.41) is 2.74. The Bertz CT molecular complexity index is 1130. The summed E-state index contributed by atoms with van der Waals surface area (Å²) in [4.78, 5) is 29.6. The quantitative estimate of drug-likeness (QED) is 0.590. The van der Waals surface area contributed by atoms with Crippen LogP contribution in [-0.4, -0.2) is 30.1 Å². The van der Waals surface area contributed by atoms with Gasteiger partial charge in [-0.2, -0.15) is 0 Å². The Balaban J connectivity index is 1.43. The van der Waals surface area contributed by atoms with Crippen LogP contribution >= 0.6 is 0 Å². The van der Waals surface area contributed by atoms with E-state index >= 15 is 0 Å². The van der Waals surface area contributed by atoms with Crippen LogP contribution in [-0.2, 0) is 9.53 Å². The lowest BCUT2D eigenvalue weighted by Crippen LogP contribution is -2.25. The lowest BCUT2D eigenvalue weighted by Gasteiger charge is -2.17. The first kappa shape index (κ1) is 20.1. The van der Waals surface area contributed by atoms with Crippen molar-refractivity contribution in [3.63, 3.8) is 0 Å². The molecule has 2 amide bonds. The number of halogens is 1. The number of hydrogen-bond donors (Lipinski definition) is 1. The first-order chi connectivity index (χ1) is 15.1. The Morgan fingerprint density at radius 3 is 2.81 bits per heavy atom. The predicted octanol–water partition coefficient (Wildman–Crippen LogP) is 4.62. The van der Waals surface area contributed by atoms with Gasteiger partial charge < -0.3 is 14.8 Å². The molecule has 156 valence electrons. The van der Waals surface area contributed by atoms with Gasteiger partial charge >= 0.3 is 6.09 Å². The van der Waals surface area contributed by atoms with E-state index in [0.29, 0.717) is 35.8 Å². The van der Waals surface area contributed by atoms with Gasteiger partial charge in [-0.15, -0.1) is 0 Å². The molecule has 0 unspecified atom stereocenters. The zero-order valence-corrected chi connectivity index (χ0v) is 16.3. The molecule has 3 aromatic rings. The Morgan fingerprint density at radius 2 is 2.06 bits per heavy atom. The summed E-state index contributed by atoms with van der Waals surface area (Å²) in [5.41, 5.74) is 1.51. The molecule has 31 heavy (non-hydrogen) atoms. The molecule has 1 saturated heterocycles. The lowest BCUT2D eigenvalue weighted by atomic mass is 10.2. The molecule has 0 atom stereocenters. The van der Waals surface area contributed by atoms with Crippen LogP contribution in [0.25, 0.3) is 6.08 Å². The topological polar surface area (TPSA) is 80.8 Å². The van der Waals surface area contributed by atoms with Crippen LogP contribution < -0.4 is 15.0 Å². The summed E-state index contributed by atoms with van der Waals surface area (Å²) < 4.78 is 24.8. The SMILES string of the molecule is O=C(/C=C/c1ccc(Oc2cccnc2)c(F)c1)Nc1ccccc1N1CCOC1=O. The number of amides is 2. The normalized spacial score (nSPS) is 13.3. The smallest absolute Gasteiger partial charge is 0.414 e. The highest BCUT2D eigenvalue weighted by atomic mass is 19.1. The van der Waals surface area contributed by atoms with Gasteiger partial charge in [0.05, 0.1) is 24.1 Å². The number of carbonyl (C=O) groups is 2. The lowest BCUT2D eigenvalue weighted by molar-refractivity contribution is -0.111. The number of nitrogens with zero attached hydrogens (tertiary/aromatic N) is 2. The summed E-state index contributed by atoms with van der Waals surface area (Å²) in [6.45, 7) is 0.710. The molecule has 8 heteroatoms. The third-order valence-corrected chi connectivity index (χ3v) is 4.46. The fourth-order valence-corrected chi connectivity index (χ4v) is 3.01. The monoisotopic (exact) mass is 419 g/mol. The van der Waals surface area contributed by atoms with E-state index in [1.807, 2.05) is 0 Å². The predicted molar refractivity (Wildman–Crippen MR) is 114 cm³/mol. The largest absolute Gasteiger partial charge is 0.453 e. The molecule has 2 heterocycles. The van der Waals surface area contributed by atoms with E-state index in [-0.39, 0.29) is 5.75 Å². The fraction of sp³-hybridized carbons (Fsp3) is 0.0870. The number of ether oxygens (including phenoxy) is 2. The number of benzene rings is 2. The third kappa shape index (κ3) is 4.87. The highest BCUT2D eigenvalue weighted by Crippen LogP contribution is 2.28. The summed E-state index contributed by atoms with van der Waals surface area (Å²) in [6, 6.07) is 14.7. The highest BCUT2D eigenvalue weighted by Gasteiger charge is 2.25. The number of rotatable bonds is 6. The zero-order valence-electron chi connectivity index (χ0n) is 16.3. The summed E-state index contributed by atoms with van der Waals surface area (Å²) in [6.07, 6.45) is 5.39. The van der Waals surface area contributed by atoms with Crippen molar-refractivity contribution in [2.45, 2.75) is 0 Å². The van der Waals surface area contributed by atoms with Crippen molar-refractivity contribution in [1.82, 2.24) is 4.98 Å². The van der Waals surface area contributed by atoms with Gasteiger partial charge in [-0.1, -0.05) is 18.2 Å². The van der Waals surface area contributed by atoms with Gasteiger partial charge in [0.25, 0.3) is 0 Å². The first-order valence-electron chi connectivity index (χ1n) is 9.50. The van der Waals surface area contributed by atoms with Gasteiger partial charge in [-0.05, 0) is 48.0 Å². The Labute approximate surface area is 177 Å². The molecule has 1 N–H and O–H groups in total. The average Bonchev–Trinajstić information content (AvgIpc) is 3.21. The maximum absolute atomic E-state index is 14.3. The van der Waals surface area contributed by atoms with E-state index in [1.165, 1.54) is 35.4 Å². The number of pyridine rings is 1. The minimum atomic E-state index is -0.565. The molecule has 0 radical (unpaired) electrons. The molecule has 0 saturated carbocycles. The van der Waals surface area contributed by atoms with E-state index < -0.39 is 17.8 Å². The van der Waals surface area contributed by atoms with E-state index in [4.69, 9.17) is 9.47 Å². The highest BCUT2D eigenvalue weighted by molar-refractivity contribution is 6.05. The maximum Gasteiger partial charge on any atom is 0.414 e. The van der Waals surface area contributed by atoms with Crippen LogP contribution in [0.4, 0.5) is 20.6 Å². The van der Waals surface area contributed by atoms with Crippen molar-refractivity contribution in [3.05, 3.63) is 84.4 Å². The van der Waals surface area contributed by atoms with Crippen LogP contribution in [0.1, 0.15) is 5.56 Å². The van der Waals surface area contributed by atoms with Crippen molar-refractivity contribution in [3.8, 4) is 11.5 Å². The molecular weight excluding hydrogens is 401 g/mol. The first-order valence-corrected chi connectivity index (χ1v) is 9.50. The Hall–Kier alpha value is -4.20. The van der Waals surface area contributed by atoms with Crippen molar-refractivity contribution in [2.24, 2.45) is 0 Å². The molecule has 0 aliphatic carbocycles. The van der Waals surface area contributed by atoms with Crippen molar-refractivity contribution in [2.75, 3.05) is 23.4 Å². The summed E-state index contributed by atoms with van der Waals surface area (Å²) in [5.74, 6) is -0.508. The number of anilines is 2. The number of cyclic esters (lactones) is 1. The third-order valence-electron chi connectivity index (χ3n) is 4.46. The van der Waals surface area contributed by atoms with Crippen LogP contribution in [0, 0.1) is 5.82 Å². The van der Waals surface area contributed by atoms with Crippen LogP contribution in [0.3, 0.4) is 0 Å². The average molecular weight is 419 g/mol. The second-order valence-corrected chi connectivity index (χ2v) is 6.59. The van der Waals surface area contributed by atoms with E-state index in [1.54, 1.807) is 48.7 Å². The molecule has 2 aromatic carbocycles. The van der Waals surface area contributed by atoms with Crippen LogP contribution in [0.15, 0.2) is 73.1 Å². The van der Waals surface area contributed by atoms with Gasteiger partial charge in [0, 0.05) is 12.3 Å². The molecule has 0 spiro atoms. The van der Waals surface area contributed by atoms with Gasteiger partial charge in [-0.25, -0.2) is 9.18 Å². The van der Waals surface area contributed by atoms with Gasteiger partial charge in [-0.3, -0.25) is 14.7 Å². The summed E-state index contributed by atoms with van der Waals surface area (Å²) in [7, 11) is 0. The Kier molecular flexibility index (Phi) is 5.89. The van der Waals surface area contributed by atoms with E-state index in [9.17, 15) is 14.0 Å². The number of carbonyl (C=O) groups excluding carboxylic acids is 2. The van der Waals surface area contributed by atoms with Crippen molar-refractivity contribution >= 4 is 29.5 Å². The number of para-hydroxylation sites is 2. The second kappa shape index (κ2) is 9.08. The molecule has 1 aliphatic rings. The minimum absolute atomic E-state index is 0.0565. The van der Waals surface area contributed by atoms with Crippen LogP contribution in [0.2, 0.25) is 0 Å². The molecule has 1 aliphatic heterocycles.